The first kappa shape index (κ1) is 15.5. The number of hydrogen-bond acceptors (Lipinski definition) is 3. The first-order chi connectivity index (χ1) is 8.90. The Morgan fingerprint density at radius 3 is 2.79 bits per heavy atom. The van der Waals surface area contributed by atoms with Crippen LogP contribution in [0.5, 0.6) is 0 Å². The molecule has 0 aromatic heterocycles. The van der Waals surface area contributed by atoms with Gasteiger partial charge in [-0.2, -0.15) is 11.8 Å². The van der Waals surface area contributed by atoms with Crippen LogP contribution in [0.1, 0.15) is 20.3 Å². The second-order valence-electron chi connectivity index (χ2n) is 5.73. The van der Waals surface area contributed by atoms with Crippen LogP contribution in [0, 0.1) is 5.41 Å². The van der Waals surface area contributed by atoms with Crippen molar-refractivity contribution in [1.82, 2.24) is 0 Å². The molecule has 1 aliphatic rings. The highest BCUT2D eigenvalue weighted by Gasteiger charge is 2.46. The van der Waals surface area contributed by atoms with Crippen LogP contribution < -0.4 is 11.1 Å². The molecule has 1 saturated heterocycles. The van der Waals surface area contributed by atoms with Crippen LogP contribution in [0.4, 0.5) is 5.69 Å². The monoisotopic (exact) mass is 362 g/mol. The molecule has 1 heterocycles. The molecule has 0 bridgehead atoms. The summed E-state index contributed by atoms with van der Waals surface area (Å²) in [5.41, 5.74) is 7.30. The molecule has 0 amide bonds. The average molecular weight is 364 g/mol. The van der Waals surface area contributed by atoms with Crippen molar-refractivity contribution in [3.8, 4) is 0 Å². The van der Waals surface area contributed by atoms with E-state index in [1.165, 1.54) is 12.2 Å². The Bertz CT molecular complexity index is 467. The molecule has 0 spiro atoms. The summed E-state index contributed by atoms with van der Waals surface area (Å²) in [6.07, 6.45) is 1.18. The summed E-state index contributed by atoms with van der Waals surface area (Å²) in [7, 11) is 0. The number of nitrogens with two attached hydrogens (primary N) is 1. The molecule has 3 N–H and O–H groups in total. The highest BCUT2D eigenvalue weighted by atomic mass is 79.9. The molecule has 1 fully saturated rings. The highest BCUT2D eigenvalue weighted by molar-refractivity contribution is 9.10. The molecule has 2 rings (SSSR count). The Balaban J connectivity index is 2.29. The zero-order valence-corrected chi connectivity index (χ0v) is 14.5. The standard InChI is InChI=1S/C14H20BrClN2S/c1-13(2)5-6-19-9-14(13,8-17)18-10-3-4-12(16)11(15)7-10/h3-4,7,18H,5-6,8-9,17H2,1-2H3. The fraction of sp³-hybridized carbons (Fsp3) is 0.571. The summed E-state index contributed by atoms with van der Waals surface area (Å²) < 4.78 is 0.910. The first-order valence-corrected chi connectivity index (χ1v) is 8.74. The lowest BCUT2D eigenvalue weighted by Gasteiger charge is -2.50. The predicted molar refractivity (Wildman–Crippen MR) is 90.3 cm³/mol. The van der Waals surface area contributed by atoms with Crippen molar-refractivity contribution in [1.29, 1.82) is 0 Å². The lowest BCUT2D eigenvalue weighted by atomic mass is 9.70. The van der Waals surface area contributed by atoms with Crippen molar-refractivity contribution in [3.63, 3.8) is 0 Å². The Morgan fingerprint density at radius 1 is 1.47 bits per heavy atom. The molecule has 19 heavy (non-hydrogen) atoms. The minimum atomic E-state index is -0.0663. The molecular formula is C14H20BrClN2S. The van der Waals surface area contributed by atoms with E-state index in [9.17, 15) is 0 Å². The number of rotatable bonds is 3. The quantitative estimate of drug-likeness (QED) is 0.837. The van der Waals surface area contributed by atoms with Gasteiger partial charge in [-0.3, -0.25) is 0 Å². The summed E-state index contributed by atoms with van der Waals surface area (Å²) >= 11 is 11.5. The number of hydrogen-bond donors (Lipinski definition) is 2. The van der Waals surface area contributed by atoms with E-state index in [0.717, 1.165) is 20.9 Å². The minimum Gasteiger partial charge on any atom is -0.377 e. The lowest BCUT2D eigenvalue weighted by Crippen LogP contribution is -2.60. The zero-order valence-electron chi connectivity index (χ0n) is 11.3. The van der Waals surface area contributed by atoms with Gasteiger partial charge in [0.05, 0.1) is 10.6 Å². The van der Waals surface area contributed by atoms with E-state index in [-0.39, 0.29) is 11.0 Å². The van der Waals surface area contributed by atoms with Crippen LogP contribution >= 0.6 is 39.3 Å². The highest BCUT2D eigenvalue weighted by Crippen LogP contribution is 2.44. The van der Waals surface area contributed by atoms with E-state index in [2.05, 4.69) is 35.1 Å². The molecule has 5 heteroatoms. The Labute approximate surface area is 133 Å². The Hall–Kier alpha value is 0.1000. The van der Waals surface area contributed by atoms with Gasteiger partial charge in [0, 0.05) is 22.5 Å². The third-order valence-corrected chi connectivity index (χ3v) is 6.57. The molecule has 0 saturated carbocycles. The maximum atomic E-state index is 6.12. The lowest BCUT2D eigenvalue weighted by molar-refractivity contribution is 0.203. The van der Waals surface area contributed by atoms with E-state index < -0.39 is 0 Å². The second kappa shape index (κ2) is 5.84. The van der Waals surface area contributed by atoms with Crippen molar-refractivity contribution in [2.24, 2.45) is 11.1 Å². The molecular weight excluding hydrogens is 344 g/mol. The summed E-state index contributed by atoms with van der Waals surface area (Å²) in [6.45, 7) is 5.24. The molecule has 1 atom stereocenters. The molecule has 0 radical (unpaired) electrons. The van der Waals surface area contributed by atoms with Crippen molar-refractivity contribution in [3.05, 3.63) is 27.7 Å². The smallest absolute Gasteiger partial charge is 0.0636 e. The van der Waals surface area contributed by atoms with Crippen molar-refractivity contribution >= 4 is 45.0 Å². The predicted octanol–water partition coefficient (Wildman–Crippen LogP) is 4.38. The fourth-order valence-corrected chi connectivity index (χ4v) is 4.67. The van der Waals surface area contributed by atoms with E-state index in [1.807, 2.05) is 30.0 Å². The molecule has 0 aliphatic carbocycles. The third-order valence-electron chi connectivity index (χ3n) is 4.17. The third kappa shape index (κ3) is 3.07. The van der Waals surface area contributed by atoms with Gasteiger partial charge in [-0.05, 0) is 51.7 Å². The number of thioether (sulfide) groups is 1. The van der Waals surface area contributed by atoms with E-state index in [4.69, 9.17) is 17.3 Å². The van der Waals surface area contributed by atoms with Gasteiger partial charge in [0.2, 0.25) is 0 Å². The minimum absolute atomic E-state index is 0.0663. The van der Waals surface area contributed by atoms with Crippen LogP contribution in [0.25, 0.3) is 0 Å². The van der Waals surface area contributed by atoms with Gasteiger partial charge >= 0.3 is 0 Å². The van der Waals surface area contributed by atoms with Gasteiger partial charge in [-0.1, -0.05) is 25.4 Å². The van der Waals surface area contributed by atoms with Gasteiger partial charge in [0.1, 0.15) is 0 Å². The number of halogens is 2. The summed E-state index contributed by atoms with van der Waals surface area (Å²) in [6, 6.07) is 5.94. The second-order valence-corrected chi connectivity index (χ2v) is 8.09. The van der Waals surface area contributed by atoms with E-state index in [0.29, 0.717) is 6.54 Å². The maximum absolute atomic E-state index is 6.12. The van der Waals surface area contributed by atoms with Crippen LogP contribution in [0.2, 0.25) is 5.02 Å². The first-order valence-electron chi connectivity index (χ1n) is 6.41. The van der Waals surface area contributed by atoms with Crippen LogP contribution in [0.3, 0.4) is 0 Å². The SMILES string of the molecule is CC1(C)CCSCC1(CN)Nc1ccc(Cl)c(Br)c1. The van der Waals surface area contributed by atoms with E-state index >= 15 is 0 Å². The average Bonchev–Trinajstić information content (AvgIpc) is 2.36. The molecule has 2 nitrogen and oxygen atoms in total. The Morgan fingerprint density at radius 2 is 2.21 bits per heavy atom. The van der Waals surface area contributed by atoms with Crippen LogP contribution in [0.15, 0.2) is 22.7 Å². The fourth-order valence-electron chi connectivity index (χ4n) is 2.45. The topological polar surface area (TPSA) is 38.0 Å². The van der Waals surface area contributed by atoms with Crippen molar-refractivity contribution < 1.29 is 0 Å². The van der Waals surface area contributed by atoms with Gasteiger partial charge < -0.3 is 11.1 Å². The Kier molecular flexibility index (Phi) is 4.76. The summed E-state index contributed by atoms with van der Waals surface area (Å²) in [4.78, 5) is 0. The van der Waals surface area contributed by atoms with Crippen molar-refractivity contribution in [2.75, 3.05) is 23.4 Å². The van der Waals surface area contributed by atoms with Gasteiger partial charge in [-0.25, -0.2) is 0 Å². The van der Waals surface area contributed by atoms with Gasteiger partial charge in [-0.15, -0.1) is 0 Å². The van der Waals surface area contributed by atoms with Gasteiger partial charge in [0.15, 0.2) is 0 Å². The number of anilines is 1. The van der Waals surface area contributed by atoms with Crippen molar-refractivity contribution in [2.45, 2.75) is 25.8 Å². The zero-order chi connectivity index (χ0) is 14.1. The molecule has 1 aromatic rings. The molecule has 106 valence electrons. The number of nitrogens with one attached hydrogen (secondary N) is 1. The van der Waals surface area contributed by atoms with Gasteiger partial charge in [0.25, 0.3) is 0 Å². The molecule has 1 aliphatic heterocycles. The summed E-state index contributed by atoms with van der Waals surface area (Å²) in [5, 5.41) is 4.39. The van der Waals surface area contributed by atoms with Crippen LogP contribution in [-0.4, -0.2) is 23.6 Å². The largest absolute Gasteiger partial charge is 0.377 e. The summed E-state index contributed by atoms with van der Waals surface area (Å²) in [5.74, 6) is 2.25. The molecule has 1 unspecified atom stereocenters. The number of benzene rings is 1. The normalized spacial score (nSPS) is 26.2. The molecule has 1 aromatic carbocycles. The van der Waals surface area contributed by atoms with E-state index in [1.54, 1.807) is 0 Å². The maximum Gasteiger partial charge on any atom is 0.0636 e. The van der Waals surface area contributed by atoms with Crippen LogP contribution in [-0.2, 0) is 0 Å².